The number of aliphatic hydroxyl groups excluding tert-OH is 2. The van der Waals surface area contributed by atoms with Crippen molar-refractivity contribution in [3.63, 3.8) is 0 Å². The van der Waals surface area contributed by atoms with Crippen molar-refractivity contribution < 1.29 is 10.2 Å². The maximum atomic E-state index is 13.2. The number of H-pyrrole nitrogens is 1. The summed E-state index contributed by atoms with van der Waals surface area (Å²) in [5.41, 5.74) is 5.71. The summed E-state index contributed by atoms with van der Waals surface area (Å²) in [7, 11) is 0. The summed E-state index contributed by atoms with van der Waals surface area (Å²) >= 11 is 38.5. The number of aromatic nitrogens is 12. The van der Waals surface area contributed by atoms with Crippen molar-refractivity contribution in [3.8, 4) is 0 Å². The van der Waals surface area contributed by atoms with E-state index in [1.54, 1.807) is 71.1 Å². The number of hydrogen-bond acceptors (Lipinski definition) is 14. The molecule has 10 aromatic rings. The van der Waals surface area contributed by atoms with E-state index < -0.39 is 0 Å². The van der Waals surface area contributed by atoms with Crippen molar-refractivity contribution >= 4 is 148 Å². The van der Waals surface area contributed by atoms with Gasteiger partial charge in [0.25, 0.3) is 0 Å². The number of rotatable bonds is 14. The van der Waals surface area contributed by atoms with Gasteiger partial charge in [-0.25, -0.2) is 39.5 Å². The number of halogens is 6. The number of nitrogens with one attached hydrogen (secondary N) is 1. The molecule has 0 spiro atoms. The van der Waals surface area contributed by atoms with Crippen LogP contribution in [0.1, 0.15) is 68.1 Å². The molecule has 2 fully saturated rings. The average molecular weight is 1170 g/mol. The molecule has 3 N–H and O–H groups in total. The van der Waals surface area contributed by atoms with Crippen LogP contribution in [-0.2, 0) is 18.3 Å². The van der Waals surface area contributed by atoms with Crippen LogP contribution in [0.3, 0.4) is 0 Å². The number of alkyl halides is 2. The fourth-order valence-electron chi connectivity index (χ4n) is 8.01. The molecule has 75 heavy (non-hydrogen) atoms. The minimum atomic E-state index is -0.0511. The van der Waals surface area contributed by atoms with Gasteiger partial charge in [0, 0.05) is 80.4 Å². The highest BCUT2D eigenvalue weighted by atomic mass is 35.5. The molecule has 12 rings (SSSR count). The minimum Gasteiger partial charge on any atom is -0.396 e. The first-order valence-electron chi connectivity index (χ1n) is 23.7. The zero-order chi connectivity index (χ0) is 52.6. The molecular formula is C51H46Cl6N12O4S2. The smallest absolute Gasteiger partial charge is 0.329 e. The van der Waals surface area contributed by atoms with Gasteiger partial charge in [0.05, 0.1) is 69.3 Å². The molecule has 7 aromatic heterocycles. The van der Waals surface area contributed by atoms with Crippen molar-refractivity contribution in [3.05, 3.63) is 150 Å². The van der Waals surface area contributed by atoms with Crippen LogP contribution in [0.15, 0.2) is 111 Å². The molecule has 3 aromatic carbocycles. The number of hydrogen-bond donors (Lipinski definition) is 3. The molecule has 388 valence electrons. The van der Waals surface area contributed by atoms with E-state index in [-0.39, 0.29) is 48.9 Å². The Morgan fingerprint density at radius 3 is 1.63 bits per heavy atom. The molecule has 0 saturated heterocycles. The Morgan fingerprint density at radius 2 is 1.07 bits per heavy atom. The molecule has 7 heterocycles. The van der Waals surface area contributed by atoms with E-state index >= 15 is 0 Å². The van der Waals surface area contributed by atoms with Crippen molar-refractivity contribution in [1.29, 1.82) is 0 Å². The lowest BCUT2D eigenvalue weighted by Gasteiger charge is -2.09. The van der Waals surface area contributed by atoms with Gasteiger partial charge in [-0.05, 0) is 105 Å². The third-order valence-electron chi connectivity index (χ3n) is 11.7. The standard InChI is InChI=1S/C21H20ClN5O2S.C12H12Cl2N2OS.C9H5Cl3N2.C9H9N3O/c22-13-2-5-15-16(10-13)24-19(25-20(15)30-9-1-8-28)12-26-18-11-23-7-6-17(18)27(21(26)29)14-3-4-14;13-7-11-15-10-6-8(14)2-3-9(10)12(16-11)18-5-1-4-17;10-4-8-13-7-3-5(11)1-2-6(7)9(12)14-8;13-9-11-7-5-10-4-3-8(7)12(9)6-1-2-6/h2,5-7,10-11,14,28H,1,3-4,8-9,12H2;2-3,6,17H,1,4-5,7H2;1-3H,4H2;3-6H,1-2H2,(H,11,13). The average Bonchev–Trinajstić information content (AvgIpc) is 4.36. The summed E-state index contributed by atoms with van der Waals surface area (Å²) < 4.78 is 5.40. The van der Waals surface area contributed by atoms with Gasteiger partial charge in [0.2, 0.25) is 0 Å². The Labute approximate surface area is 467 Å². The quantitative estimate of drug-likeness (QED) is 0.0401. The van der Waals surface area contributed by atoms with Gasteiger partial charge in [-0.3, -0.25) is 23.7 Å². The predicted octanol–water partition coefficient (Wildman–Crippen LogP) is 11.9. The van der Waals surface area contributed by atoms with Gasteiger partial charge in [-0.2, -0.15) is 0 Å². The highest BCUT2D eigenvalue weighted by Crippen LogP contribution is 2.37. The summed E-state index contributed by atoms with van der Waals surface area (Å²) in [6.45, 7) is 0.582. The second-order valence-electron chi connectivity index (χ2n) is 17.2. The molecule has 16 nitrogen and oxygen atoms in total. The van der Waals surface area contributed by atoms with Crippen molar-refractivity contribution in [2.45, 2.75) is 79.0 Å². The van der Waals surface area contributed by atoms with Gasteiger partial charge in [0.15, 0.2) is 0 Å². The number of aliphatic hydroxyl groups is 2. The Bertz CT molecular complexity index is 3780. The zero-order valence-corrected chi connectivity index (χ0v) is 45.9. The van der Waals surface area contributed by atoms with Gasteiger partial charge < -0.3 is 15.2 Å². The zero-order valence-electron chi connectivity index (χ0n) is 39.7. The van der Waals surface area contributed by atoms with Gasteiger partial charge in [0.1, 0.15) is 32.7 Å². The maximum absolute atomic E-state index is 13.2. The molecular weight excluding hydrogens is 1120 g/mol. The molecule has 24 heteroatoms. The van der Waals surface area contributed by atoms with Crippen molar-refractivity contribution in [2.75, 3.05) is 24.7 Å². The molecule has 0 radical (unpaired) electrons. The van der Waals surface area contributed by atoms with E-state index in [9.17, 15) is 9.59 Å². The summed E-state index contributed by atoms with van der Waals surface area (Å²) in [5.74, 6) is 3.72. The second kappa shape index (κ2) is 25.4. The van der Waals surface area contributed by atoms with Gasteiger partial charge in [-0.15, -0.1) is 46.7 Å². The van der Waals surface area contributed by atoms with Crippen LogP contribution in [0.4, 0.5) is 0 Å². The van der Waals surface area contributed by atoms with Crippen LogP contribution in [-0.4, -0.2) is 93.5 Å². The number of nitrogens with zero attached hydrogens (tertiary/aromatic N) is 11. The van der Waals surface area contributed by atoms with Crippen molar-refractivity contribution in [1.82, 2.24) is 58.6 Å². The second-order valence-corrected chi connectivity index (χ2v) is 21.6. The number of fused-ring (bicyclic) bond motifs is 5. The Kier molecular flexibility index (Phi) is 18.5. The van der Waals surface area contributed by atoms with E-state index in [0.29, 0.717) is 55.7 Å². The third kappa shape index (κ3) is 13.4. The van der Waals surface area contributed by atoms with E-state index in [2.05, 4.69) is 34.9 Å². The fraction of sp³-hybridized carbons (Fsp3) is 0.294. The van der Waals surface area contributed by atoms with Crippen LogP contribution in [0.5, 0.6) is 0 Å². The van der Waals surface area contributed by atoms with Gasteiger partial charge in [-0.1, -0.05) is 46.4 Å². The largest absolute Gasteiger partial charge is 0.396 e. The first-order valence-corrected chi connectivity index (χ1v) is 28.2. The van der Waals surface area contributed by atoms with E-state index in [4.69, 9.17) is 89.8 Å². The monoisotopic (exact) mass is 1160 g/mol. The fourth-order valence-corrected chi connectivity index (χ4v) is 10.9. The lowest BCUT2D eigenvalue weighted by molar-refractivity contribution is 0.296. The molecule has 0 atom stereocenters. The summed E-state index contributed by atoms with van der Waals surface area (Å²) in [6, 6.07) is 20.8. The summed E-state index contributed by atoms with van der Waals surface area (Å²) in [5, 5.41) is 24.6. The predicted molar refractivity (Wildman–Crippen MR) is 303 cm³/mol. The molecule has 0 aliphatic heterocycles. The Morgan fingerprint density at radius 1 is 0.573 bits per heavy atom. The van der Waals surface area contributed by atoms with E-state index in [1.165, 1.54) is 0 Å². The number of aromatic amines is 1. The van der Waals surface area contributed by atoms with Crippen LogP contribution in [0.25, 0.3) is 54.8 Å². The highest BCUT2D eigenvalue weighted by molar-refractivity contribution is 7.99. The summed E-state index contributed by atoms with van der Waals surface area (Å²) in [4.78, 5) is 62.1. The maximum Gasteiger partial charge on any atom is 0.329 e. The third-order valence-corrected chi connectivity index (χ3v) is 15.4. The molecule has 0 bridgehead atoms. The molecule has 2 aliphatic carbocycles. The number of thioether (sulfide) groups is 2. The molecule has 2 saturated carbocycles. The normalized spacial score (nSPS) is 13.2. The number of benzene rings is 3. The SMILES string of the molecule is ClCc1nc(Cl)c2ccc(Cl)cc2n1.O=c1[nH]c2cnccc2n1C1CC1.O=c1n(Cc2nc(SCCCO)c3ccc(Cl)cc3n2)c2cnccc2n1C1CC1.OCCCSc1nc(CCl)nc2cc(Cl)ccc12. The Hall–Kier alpha value is -5.12. The molecule has 2 aliphatic rings. The van der Waals surface area contributed by atoms with E-state index in [0.717, 1.165) is 103 Å². The molecule has 0 amide bonds. The van der Waals surface area contributed by atoms with Crippen LogP contribution in [0.2, 0.25) is 20.2 Å². The minimum absolute atomic E-state index is 0.00880. The first kappa shape index (κ1) is 54.7. The van der Waals surface area contributed by atoms with Gasteiger partial charge >= 0.3 is 11.4 Å². The highest BCUT2D eigenvalue weighted by Gasteiger charge is 2.29. The lowest BCUT2D eigenvalue weighted by atomic mass is 10.2. The molecule has 0 unspecified atom stereocenters. The van der Waals surface area contributed by atoms with E-state index in [1.807, 2.05) is 57.7 Å². The Balaban J connectivity index is 0.000000131. The van der Waals surface area contributed by atoms with Crippen molar-refractivity contribution in [2.24, 2.45) is 0 Å². The lowest BCUT2D eigenvalue weighted by Crippen LogP contribution is -2.25. The van der Waals surface area contributed by atoms with Crippen LogP contribution < -0.4 is 11.4 Å². The summed E-state index contributed by atoms with van der Waals surface area (Å²) in [6.07, 6.45) is 12.6. The number of pyridine rings is 2. The van der Waals surface area contributed by atoms with Crippen LogP contribution >= 0.6 is 93.1 Å². The van der Waals surface area contributed by atoms with Crippen LogP contribution in [0, 0.1) is 0 Å². The number of imidazole rings is 2. The topological polar surface area (TPSA) is 208 Å². The first-order chi connectivity index (χ1) is 36.5.